The van der Waals surface area contributed by atoms with Gasteiger partial charge in [0.15, 0.2) is 11.4 Å². The third-order valence-electron chi connectivity index (χ3n) is 10.5. The number of ketones is 1. The van der Waals surface area contributed by atoms with Crippen LogP contribution in [0.15, 0.2) is 77.5 Å². The summed E-state index contributed by atoms with van der Waals surface area (Å²) in [6.45, 7) is 23.2. The van der Waals surface area contributed by atoms with Crippen LogP contribution >= 0.6 is 0 Å². The Kier molecular flexibility index (Phi) is 14.1. The monoisotopic (exact) mass is 867 g/mol. The van der Waals surface area contributed by atoms with E-state index in [9.17, 15) is 9.90 Å². The molecule has 7 heteroatoms. The molecule has 0 fully saturated rings. The van der Waals surface area contributed by atoms with E-state index >= 15 is 0 Å². The zero-order chi connectivity index (χ0) is 36.9. The number of nitrogens with zero attached hydrogens (tertiary/aromatic N) is 3. The van der Waals surface area contributed by atoms with Crippen LogP contribution in [0.4, 0.5) is 0 Å². The third kappa shape index (κ3) is 9.61. The molecular formula is C44H56IrN3O3-. The fourth-order valence-corrected chi connectivity index (χ4v) is 6.03. The smallest absolute Gasteiger partial charge is 0.164 e. The van der Waals surface area contributed by atoms with Gasteiger partial charge in [-0.1, -0.05) is 105 Å². The van der Waals surface area contributed by atoms with Gasteiger partial charge < -0.3 is 9.52 Å². The van der Waals surface area contributed by atoms with Gasteiger partial charge in [0.05, 0.1) is 12.0 Å². The Morgan fingerprint density at radius 3 is 2.12 bits per heavy atom. The number of aliphatic hydroxyl groups is 1. The van der Waals surface area contributed by atoms with Crippen molar-refractivity contribution in [2.75, 3.05) is 0 Å². The van der Waals surface area contributed by atoms with Crippen LogP contribution in [0.5, 0.6) is 0 Å². The number of benzene rings is 2. The molecule has 2 aromatic carbocycles. The van der Waals surface area contributed by atoms with Crippen LogP contribution in [0.25, 0.3) is 44.4 Å². The molecule has 6 nitrogen and oxygen atoms in total. The van der Waals surface area contributed by atoms with Gasteiger partial charge in [0, 0.05) is 60.0 Å². The van der Waals surface area contributed by atoms with Gasteiger partial charge in [0.2, 0.25) is 0 Å². The number of allylic oxidation sites excluding steroid dienone is 2. The molecule has 5 rings (SSSR count). The zero-order valence-corrected chi connectivity index (χ0v) is 34.8. The van der Waals surface area contributed by atoms with Crippen molar-refractivity contribution in [1.29, 1.82) is 0 Å². The summed E-state index contributed by atoms with van der Waals surface area (Å²) in [6, 6.07) is 18.2. The number of carbonyl (C=O) groups excluding carboxylic acids is 1. The first kappa shape index (κ1) is 41.7. The summed E-state index contributed by atoms with van der Waals surface area (Å²) in [5.41, 5.74) is 7.08. The molecule has 1 N–H and O–H groups in total. The van der Waals surface area contributed by atoms with Gasteiger partial charge in [-0.2, -0.15) is 0 Å². The molecule has 0 bridgehead atoms. The SMILES string of the molecule is CC(C)Cc1coc2cc(-c3cc(-c4[c-]c5ccccc5c(C(C)(C)C)c4)ncn3)cnc12.CCC(C)(CC)C(=O)/C=C(\O)C(C)(CC)CC.[Ir]. The Morgan fingerprint density at radius 2 is 1.51 bits per heavy atom. The van der Waals surface area contributed by atoms with Crippen molar-refractivity contribution in [3.8, 4) is 22.5 Å². The Hall–Kier alpha value is -3.67. The summed E-state index contributed by atoms with van der Waals surface area (Å²) in [5.74, 6) is 0.835. The first-order chi connectivity index (χ1) is 23.6. The van der Waals surface area contributed by atoms with Crippen LogP contribution in [0.2, 0.25) is 0 Å². The predicted octanol–water partition coefficient (Wildman–Crippen LogP) is 12.0. The van der Waals surface area contributed by atoms with E-state index in [1.165, 1.54) is 17.0 Å². The minimum Gasteiger partial charge on any atom is -0.512 e. The van der Waals surface area contributed by atoms with Crippen molar-refractivity contribution in [3.63, 3.8) is 0 Å². The summed E-state index contributed by atoms with van der Waals surface area (Å²) in [6.07, 6.45) is 11.0. The quantitative estimate of drug-likeness (QED) is 0.0808. The number of aromatic nitrogens is 3. The number of pyridine rings is 1. The topological polar surface area (TPSA) is 89.1 Å². The van der Waals surface area contributed by atoms with Crippen molar-refractivity contribution in [2.24, 2.45) is 16.7 Å². The fourth-order valence-electron chi connectivity index (χ4n) is 6.03. The van der Waals surface area contributed by atoms with Crippen LogP contribution in [-0.2, 0) is 36.7 Å². The van der Waals surface area contributed by atoms with Crippen molar-refractivity contribution in [3.05, 3.63) is 90.3 Å². The molecule has 3 heterocycles. The number of hydrogen-bond donors (Lipinski definition) is 1. The van der Waals surface area contributed by atoms with Crippen molar-refractivity contribution < 1.29 is 34.4 Å². The molecule has 0 aliphatic rings. The average molecular weight is 867 g/mol. The van der Waals surface area contributed by atoms with E-state index in [4.69, 9.17) is 9.40 Å². The zero-order valence-electron chi connectivity index (χ0n) is 32.4. The van der Waals surface area contributed by atoms with Gasteiger partial charge in [-0.25, -0.2) is 4.98 Å². The largest absolute Gasteiger partial charge is 0.512 e. The molecule has 0 aliphatic carbocycles. The molecule has 0 saturated heterocycles. The molecule has 5 aromatic rings. The standard InChI is InChI=1S/C29H28N3O.C15H28O2.Ir/c1-18(2)10-22-16-33-27-13-21(15-30-28(22)27)26-14-25(31-17-32-26)20-11-19-8-6-7-9-23(19)24(12-20)29(3,4)5;1-7-14(5,8-2)12(16)11-13(17)15(6,9-3)10-4;/h6-9,12-18H,10H2,1-5H3;11,16H,7-10H2,1-6H3;/q-1;;/b;12-11-;. The summed E-state index contributed by atoms with van der Waals surface area (Å²) in [4.78, 5) is 26.0. The fraction of sp³-hybridized carbons (Fsp3) is 0.455. The normalized spacial score (nSPS) is 12.5. The Labute approximate surface area is 319 Å². The second kappa shape index (κ2) is 17.2. The molecule has 0 saturated carbocycles. The maximum absolute atomic E-state index is 12.2. The molecule has 0 atom stereocenters. The molecule has 3 aromatic heterocycles. The van der Waals surface area contributed by atoms with Gasteiger partial charge in [-0.3, -0.25) is 14.8 Å². The van der Waals surface area contributed by atoms with Gasteiger partial charge in [0.25, 0.3) is 0 Å². The number of fused-ring (bicyclic) bond motifs is 2. The van der Waals surface area contributed by atoms with E-state index in [1.807, 2.05) is 66.1 Å². The number of rotatable bonds is 11. The molecular weight excluding hydrogens is 811 g/mol. The first-order valence-electron chi connectivity index (χ1n) is 18.2. The predicted molar refractivity (Wildman–Crippen MR) is 207 cm³/mol. The van der Waals surface area contributed by atoms with E-state index in [1.54, 1.807) is 6.33 Å². The van der Waals surface area contributed by atoms with Gasteiger partial charge >= 0.3 is 0 Å². The summed E-state index contributed by atoms with van der Waals surface area (Å²) >= 11 is 0. The second-order valence-electron chi connectivity index (χ2n) is 15.5. The van der Waals surface area contributed by atoms with Crippen LogP contribution in [-0.4, -0.2) is 25.8 Å². The number of aliphatic hydroxyl groups excluding tert-OH is 1. The Balaban J connectivity index is 0.000000335. The molecule has 1 radical (unpaired) electrons. The molecule has 0 amide bonds. The molecule has 0 spiro atoms. The second-order valence-corrected chi connectivity index (χ2v) is 15.5. The van der Waals surface area contributed by atoms with E-state index in [0.29, 0.717) is 5.92 Å². The van der Waals surface area contributed by atoms with Crippen molar-refractivity contribution in [1.82, 2.24) is 15.0 Å². The molecule has 275 valence electrons. The third-order valence-corrected chi connectivity index (χ3v) is 10.5. The first-order valence-corrected chi connectivity index (χ1v) is 18.2. The van der Waals surface area contributed by atoms with Crippen LogP contribution in [0, 0.1) is 22.8 Å². The molecule has 51 heavy (non-hydrogen) atoms. The van der Waals surface area contributed by atoms with Crippen molar-refractivity contribution in [2.45, 2.75) is 114 Å². The minimum absolute atomic E-state index is 0. The molecule has 0 aliphatic heterocycles. The van der Waals surface area contributed by atoms with Gasteiger partial charge in [0.1, 0.15) is 17.6 Å². The summed E-state index contributed by atoms with van der Waals surface area (Å²) in [5, 5.41) is 12.5. The van der Waals surface area contributed by atoms with Crippen LogP contribution < -0.4 is 0 Å². The summed E-state index contributed by atoms with van der Waals surface area (Å²) in [7, 11) is 0. The number of hydrogen-bond acceptors (Lipinski definition) is 6. The number of carbonyl (C=O) groups is 1. The Bertz CT molecular complexity index is 1960. The van der Waals surface area contributed by atoms with Crippen LogP contribution in [0.3, 0.4) is 0 Å². The summed E-state index contributed by atoms with van der Waals surface area (Å²) < 4.78 is 5.82. The maximum atomic E-state index is 12.2. The van der Waals surface area contributed by atoms with Crippen molar-refractivity contribution >= 4 is 27.7 Å². The van der Waals surface area contributed by atoms with E-state index < -0.39 is 0 Å². The van der Waals surface area contributed by atoms with E-state index in [-0.39, 0.29) is 47.9 Å². The number of furan rings is 1. The van der Waals surface area contributed by atoms with Gasteiger partial charge in [-0.15, -0.1) is 29.1 Å². The van der Waals surface area contributed by atoms with Gasteiger partial charge in [-0.05, 0) is 55.6 Å². The van der Waals surface area contributed by atoms with E-state index in [0.717, 1.165) is 76.7 Å². The maximum Gasteiger partial charge on any atom is 0.164 e. The minimum atomic E-state index is -0.337. The molecule has 0 unspecified atom stereocenters. The van der Waals surface area contributed by atoms with E-state index in [2.05, 4.69) is 81.0 Å². The van der Waals surface area contributed by atoms with Crippen LogP contribution in [0.1, 0.15) is 113 Å². The average Bonchev–Trinajstić information content (AvgIpc) is 3.51. The Morgan fingerprint density at radius 1 is 0.882 bits per heavy atom.